The molecular formula is C24H28N6O3. The van der Waals surface area contributed by atoms with Crippen LogP contribution in [0, 0.1) is 0 Å². The molecular weight excluding hydrogens is 420 g/mol. The van der Waals surface area contributed by atoms with Crippen LogP contribution in [-0.2, 0) is 13.6 Å². The summed E-state index contributed by atoms with van der Waals surface area (Å²) in [6.45, 7) is 0.417. The van der Waals surface area contributed by atoms with E-state index in [1.807, 2.05) is 55.7 Å². The van der Waals surface area contributed by atoms with Gasteiger partial charge in [-0.15, -0.1) is 0 Å². The van der Waals surface area contributed by atoms with Gasteiger partial charge >= 0.3 is 12.1 Å². The molecule has 0 saturated heterocycles. The van der Waals surface area contributed by atoms with Crippen LogP contribution >= 0.6 is 0 Å². The highest BCUT2D eigenvalue weighted by molar-refractivity contribution is 5.91. The molecule has 1 fully saturated rings. The third kappa shape index (κ3) is 5.68. The Labute approximate surface area is 192 Å². The summed E-state index contributed by atoms with van der Waals surface area (Å²) in [6.07, 6.45) is 7.16. The van der Waals surface area contributed by atoms with E-state index in [-0.39, 0.29) is 18.1 Å². The molecule has 0 radical (unpaired) electrons. The van der Waals surface area contributed by atoms with Gasteiger partial charge in [-0.3, -0.25) is 9.58 Å². The number of rotatable bonds is 6. The van der Waals surface area contributed by atoms with Crippen molar-refractivity contribution in [3.05, 3.63) is 66.6 Å². The lowest BCUT2D eigenvalue weighted by Gasteiger charge is -2.36. The topological polar surface area (TPSA) is 112 Å². The Morgan fingerprint density at radius 3 is 2.42 bits per heavy atom. The summed E-state index contributed by atoms with van der Waals surface area (Å²) in [7, 11) is 1.86. The second-order valence-electron chi connectivity index (χ2n) is 8.28. The molecule has 1 saturated carbocycles. The molecule has 172 valence electrons. The molecule has 9 nitrogen and oxygen atoms in total. The molecule has 1 aliphatic carbocycles. The van der Waals surface area contributed by atoms with Gasteiger partial charge in [-0.1, -0.05) is 30.3 Å². The molecule has 0 bridgehead atoms. The van der Waals surface area contributed by atoms with Crippen molar-refractivity contribution in [2.24, 2.45) is 7.05 Å². The Bertz CT molecular complexity index is 1080. The van der Waals surface area contributed by atoms with Gasteiger partial charge in [-0.05, 0) is 43.4 Å². The van der Waals surface area contributed by atoms with E-state index < -0.39 is 6.09 Å². The Kier molecular flexibility index (Phi) is 6.87. The maximum Gasteiger partial charge on any atom is 0.404 e. The van der Waals surface area contributed by atoms with Crippen LogP contribution in [0.25, 0.3) is 11.1 Å². The number of aromatic nitrogens is 3. The summed E-state index contributed by atoms with van der Waals surface area (Å²) < 4.78 is 1.73. The first-order valence-corrected chi connectivity index (χ1v) is 11.0. The minimum Gasteiger partial charge on any atom is -0.465 e. The van der Waals surface area contributed by atoms with Crippen molar-refractivity contribution >= 4 is 17.9 Å². The standard InChI is InChI=1S/C24H28N6O3/c1-29-16-19(15-27-29)18-7-12-22(25-14-18)30(21-10-8-20(9-11-21)28-24(32)33)23(31)26-13-17-5-3-2-4-6-17/h2-7,12,14-16,20-21,28H,8-11,13H2,1H3,(H,26,31)(H,32,33). The lowest BCUT2D eigenvalue weighted by atomic mass is 9.90. The number of amides is 3. The number of hydrogen-bond acceptors (Lipinski definition) is 4. The quantitative estimate of drug-likeness (QED) is 0.531. The van der Waals surface area contributed by atoms with Crippen molar-refractivity contribution in [2.45, 2.75) is 44.3 Å². The van der Waals surface area contributed by atoms with Gasteiger partial charge in [0.2, 0.25) is 0 Å². The predicted molar refractivity (Wildman–Crippen MR) is 125 cm³/mol. The number of carboxylic acid groups (broad SMARTS) is 1. The van der Waals surface area contributed by atoms with Gasteiger partial charge in [-0.25, -0.2) is 14.6 Å². The van der Waals surface area contributed by atoms with Crippen molar-refractivity contribution in [2.75, 3.05) is 4.90 Å². The first-order chi connectivity index (χ1) is 16.0. The summed E-state index contributed by atoms with van der Waals surface area (Å²) in [6, 6.07) is 13.2. The largest absolute Gasteiger partial charge is 0.465 e. The first kappa shape index (κ1) is 22.3. The lowest BCUT2D eigenvalue weighted by Crippen LogP contribution is -2.50. The molecule has 0 unspecified atom stereocenters. The average molecular weight is 449 g/mol. The Morgan fingerprint density at radius 2 is 1.82 bits per heavy atom. The SMILES string of the molecule is Cn1cc(-c2ccc(N(C(=O)NCc3ccccc3)C3CCC(NC(=O)O)CC3)nc2)cn1. The van der Waals surface area contributed by atoms with Gasteiger partial charge in [0, 0.05) is 49.2 Å². The number of nitrogens with zero attached hydrogens (tertiary/aromatic N) is 4. The van der Waals surface area contributed by atoms with Gasteiger partial charge in [0.25, 0.3) is 0 Å². The van der Waals surface area contributed by atoms with E-state index in [4.69, 9.17) is 5.11 Å². The van der Waals surface area contributed by atoms with Crippen molar-refractivity contribution in [3.8, 4) is 11.1 Å². The van der Waals surface area contributed by atoms with Gasteiger partial charge < -0.3 is 15.7 Å². The maximum absolute atomic E-state index is 13.3. The minimum atomic E-state index is -1.01. The summed E-state index contributed by atoms with van der Waals surface area (Å²) in [5.74, 6) is 0.572. The normalized spacial score (nSPS) is 17.8. The molecule has 0 aliphatic heterocycles. The Morgan fingerprint density at radius 1 is 1.06 bits per heavy atom. The zero-order chi connectivity index (χ0) is 23.2. The summed E-state index contributed by atoms with van der Waals surface area (Å²) in [5.41, 5.74) is 2.89. The molecule has 2 heterocycles. The number of nitrogens with one attached hydrogen (secondary N) is 2. The summed E-state index contributed by atoms with van der Waals surface area (Å²) >= 11 is 0. The van der Waals surface area contributed by atoms with Crippen LogP contribution in [0.5, 0.6) is 0 Å². The van der Waals surface area contributed by atoms with E-state index >= 15 is 0 Å². The Hall–Kier alpha value is -3.88. The van der Waals surface area contributed by atoms with Crippen LogP contribution < -0.4 is 15.5 Å². The van der Waals surface area contributed by atoms with Crippen LogP contribution in [0.1, 0.15) is 31.2 Å². The van der Waals surface area contributed by atoms with Gasteiger partial charge in [0.05, 0.1) is 6.20 Å². The van der Waals surface area contributed by atoms with E-state index in [2.05, 4.69) is 20.7 Å². The van der Waals surface area contributed by atoms with Crippen LogP contribution in [0.3, 0.4) is 0 Å². The molecule has 9 heteroatoms. The fourth-order valence-electron chi connectivity index (χ4n) is 4.24. The molecule has 3 amide bonds. The van der Waals surface area contributed by atoms with Gasteiger partial charge in [0.15, 0.2) is 0 Å². The number of hydrogen-bond donors (Lipinski definition) is 3. The predicted octanol–water partition coefficient (Wildman–Crippen LogP) is 3.78. The van der Waals surface area contributed by atoms with Gasteiger partial charge in [0.1, 0.15) is 5.82 Å². The van der Waals surface area contributed by atoms with E-state index in [1.165, 1.54) is 0 Å². The summed E-state index contributed by atoms with van der Waals surface area (Å²) in [4.78, 5) is 30.6. The van der Waals surface area contributed by atoms with Crippen LogP contribution in [0.2, 0.25) is 0 Å². The highest BCUT2D eigenvalue weighted by Crippen LogP contribution is 2.28. The maximum atomic E-state index is 13.3. The second kappa shape index (κ2) is 10.2. The smallest absolute Gasteiger partial charge is 0.404 e. The van der Waals surface area contributed by atoms with Crippen molar-refractivity contribution in [3.63, 3.8) is 0 Å². The van der Waals surface area contributed by atoms with Crippen molar-refractivity contribution in [1.82, 2.24) is 25.4 Å². The van der Waals surface area contributed by atoms with E-state index in [1.54, 1.807) is 22.0 Å². The van der Waals surface area contributed by atoms with Gasteiger partial charge in [-0.2, -0.15) is 5.10 Å². The molecule has 1 aliphatic rings. The first-order valence-electron chi connectivity index (χ1n) is 11.0. The van der Waals surface area contributed by atoms with Crippen molar-refractivity contribution < 1.29 is 14.7 Å². The fourth-order valence-corrected chi connectivity index (χ4v) is 4.24. The highest BCUT2D eigenvalue weighted by Gasteiger charge is 2.31. The molecule has 4 rings (SSSR count). The lowest BCUT2D eigenvalue weighted by molar-refractivity contribution is 0.184. The van der Waals surface area contributed by atoms with E-state index in [0.29, 0.717) is 38.0 Å². The second-order valence-corrected chi connectivity index (χ2v) is 8.28. The molecule has 0 spiro atoms. The Balaban J connectivity index is 1.52. The molecule has 3 N–H and O–H groups in total. The third-order valence-corrected chi connectivity index (χ3v) is 5.93. The number of carbonyl (C=O) groups is 2. The zero-order valence-electron chi connectivity index (χ0n) is 18.5. The third-order valence-electron chi connectivity index (χ3n) is 5.93. The molecule has 3 aromatic rings. The molecule has 1 aromatic carbocycles. The number of anilines is 1. The van der Waals surface area contributed by atoms with Crippen LogP contribution in [-0.4, -0.2) is 44.1 Å². The molecule has 0 atom stereocenters. The molecule has 33 heavy (non-hydrogen) atoms. The number of pyridine rings is 1. The fraction of sp³-hybridized carbons (Fsp3) is 0.333. The zero-order valence-corrected chi connectivity index (χ0v) is 18.5. The highest BCUT2D eigenvalue weighted by atomic mass is 16.4. The minimum absolute atomic E-state index is 0.0654. The average Bonchev–Trinajstić information content (AvgIpc) is 3.26. The molecule has 2 aromatic heterocycles. The van der Waals surface area contributed by atoms with Crippen LogP contribution in [0.4, 0.5) is 15.4 Å². The number of carbonyl (C=O) groups excluding carboxylic acids is 1. The van der Waals surface area contributed by atoms with E-state index in [9.17, 15) is 9.59 Å². The van der Waals surface area contributed by atoms with Crippen molar-refractivity contribution in [1.29, 1.82) is 0 Å². The number of benzene rings is 1. The monoisotopic (exact) mass is 448 g/mol. The van der Waals surface area contributed by atoms with E-state index in [0.717, 1.165) is 16.7 Å². The van der Waals surface area contributed by atoms with Crippen LogP contribution in [0.15, 0.2) is 61.1 Å². The number of urea groups is 1. The summed E-state index contributed by atoms with van der Waals surface area (Å²) in [5, 5.41) is 18.8. The number of aryl methyl sites for hydroxylation is 1.